The highest BCUT2D eigenvalue weighted by Crippen LogP contribution is 2.38. The fourth-order valence-electron chi connectivity index (χ4n) is 4.74. The van der Waals surface area contributed by atoms with Crippen LogP contribution in [0.2, 0.25) is 10.2 Å². The summed E-state index contributed by atoms with van der Waals surface area (Å²) in [5.74, 6) is 0.395. The van der Waals surface area contributed by atoms with Crippen molar-refractivity contribution in [2.24, 2.45) is 0 Å². The fourth-order valence-corrected chi connectivity index (χ4v) is 9.66. The molecule has 230 valence electrons. The van der Waals surface area contributed by atoms with Crippen molar-refractivity contribution < 1.29 is 16.8 Å². The number of rotatable bonds is 8. The van der Waals surface area contributed by atoms with E-state index in [1.165, 1.54) is 22.7 Å². The van der Waals surface area contributed by atoms with E-state index in [0.717, 1.165) is 61.9 Å². The maximum Gasteiger partial charge on any atom is 0.263 e. The molecule has 43 heavy (non-hydrogen) atoms. The molecule has 2 fully saturated rings. The third-order valence-corrected chi connectivity index (χ3v) is 12.6. The van der Waals surface area contributed by atoms with Crippen LogP contribution in [0.25, 0.3) is 0 Å². The van der Waals surface area contributed by atoms with Crippen molar-refractivity contribution in [2.45, 2.75) is 42.4 Å². The highest BCUT2D eigenvalue weighted by molar-refractivity contribution is 7.93. The van der Waals surface area contributed by atoms with Gasteiger partial charge in [0, 0.05) is 31.2 Å². The smallest absolute Gasteiger partial charge is 0.263 e. The summed E-state index contributed by atoms with van der Waals surface area (Å²) in [6, 6.07) is 13.1. The Morgan fingerprint density at radius 1 is 0.791 bits per heavy atom. The van der Waals surface area contributed by atoms with Crippen LogP contribution in [-0.2, 0) is 20.0 Å². The number of benzene rings is 2. The van der Waals surface area contributed by atoms with E-state index in [2.05, 4.69) is 29.2 Å². The second-order valence-corrected chi connectivity index (χ2v) is 15.8. The lowest BCUT2D eigenvalue weighted by molar-refractivity contribution is 0.599. The van der Waals surface area contributed by atoms with Gasteiger partial charge in [0.15, 0.2) is 16.1 Å². The van der Waals surface area contributed by atoms with Crippen molar-refractivity contribution in [1.82, 2.24) is 9.97 Å². The van der Waals surface area contributed by atoms with Gasteiger partial charge in [0.2, 0.25) is 0 Å². The van der Waals surface area contributed by atoms with Crippen molar-refractivity contribution in [3.63, 3.8) is 0 Å². The van der Waals surface area contributed by atoms with Gasteiger partial charge < -0.3 is 9.80 Å². The summed E-state index contributed by atoms with van der Waals surface area (Å²) in [5.41, 5.74) is 2.20. The minimum Gasteiger partial charge on any atom is -0.361 e. The molecule has 2 N–H and O–H groups in total. The molecule has 2 aromatic carbocycles. The van der Waals surface area contributed by atoms with E-state index in [4.69, 9.17) is 23.2 Å². The Morgan fingerprint density at radius 3 is 2.07 bits per heavy atom. The molecule has 2 aliphatic heterocycles. The molecule has 10 nitrogen and oxygen atoms in total. The molecular formula is C27H30Cl2N6O4S4. The minimum absolute atomic E-state index is 0.181. The number of nitrogens with zero attached hydrogens (tertiary/aromatic N) is 4. The molecule has 0 saturated carbocycles. The molecule has 0 bridgehead atoms. The standard InChI is InChI=1S/C14H16ClN3O2S2.C13H14ClN3O2S2/c1-10-11(15)5-4-6-12(10)22(19,20)17-13-14(21-9-16-13)18-7-2-3-8-18;14-11-12(17-8-4-5-9-17)20-13(15-11)16-21(18,19)10-6-2-1-3-7-10/h4-6,9,17H,2-3,7-8H2,1H3;1-3,6-7H,4-5,8-9H2,(H,15,16). The summed E-state index contributed by atoms with van der Waals surface area (Å²) in [5, 5.41) is 2.79. The van der Waals surface area contributed by atoms with E-state index in [9.17, 15) is 16.8 Å². The summed E-state index contributed by atoms with van der Waals surface area (Å²) in [4.78, 5) is 13.0. The van der Waals surface area contributed by atoms with Gasteiger partial charge in [-0.3, -0.25) is 9.44 Å². The fraction of sp³-hybridized carbons (Fsp3) is 0.333. The van der Waals surface area contributed by atoms with Gasteiger partial charge in [-0.05, 0) is 62.4 Å². The van der Waals surface area contributed by atoms with Crippen LogP contribution in [0.4, 0.5) is 21.0 Å². The van der Waals surface area contributed by atoms with Gasteiger partial charge in [0.25, 0.3) is 20.0 Å². The summed E-state index contributed by atoms with van der Waals surface area (Å²) in [7, 11) is -7.32. The van der Waals surface area contributed by atoms with E-state index >= 15 is 0 Å². The summed E-state index contributed by atoms with van der Waals surface area (Å²) in [6.45, 7) is 5.44. The average Bonchev–Trinajstić information content (AvgIpc) is 3.79. The molecule has 0 amide bonds. The maximum absolute atomic E-state index is 12.6. The lowest BCUT2D eigenvalue weighted by Gasteiger charge is -2.17. The topological polar surface area (TPSA) is 125 Å². The molecule has 4 aromatic rings. The molecule has 0 spiro atoms. The number of hydrogen-bond acceptors (Lipinski definition) is 10. The second kappa shape index (κ2) is 13.6. The van der Waals surface area contributed by atoms with Crippen LogP contribution in [0.15, 0.2) is 63.8 Å². The van der Waals surface area contributed by atoms with Crippen molar-refractivity contribution in [1.29, 1.82) is 0 Å². The predicted octanol–water partition coefficient (Wildman–Crippen LogP) is 6.70. The van der Waals surface area contributed by atoms with Crippen LogP contribution in [0.3, 0.4) is 0 Å². The predicted molar refractivity (Wildman–Crippen MR) is 176 cm³/mol. The molecule has 0 aliphatic carbocycles. The van der Waals surface area contributed by atoms with Crippen LogP contribution >= 0.6 is 45.9 Å². The van der Waals surface area contributed by atoms with Crippen LogP contribution in [0.5, 0.6) is 0 Å². The summed E-state index contributed by atoms with van der Waals surface area (Å²) >= 11 is 14.9. The van der Waals surface area contributed by atoms with E-state index in [1.54, 1.807) is 61.0 Å². The van der Waals surface area contributed by atoms with E-state index in [1.807, 2.05) is 0 Å². The first-order valence-corrected chi connectivity index (χ1v) is 18.9. The first kappa shape index (κ1) is 31.8. The van der Waals surface area contributed by atoms with Gasteiger partial charge in [-0.25, -0.2) is 26.8 Å². The van der Waals surface area contributed by atoms with Crippen molar-refractivity contribution >= 4 is 86.9 Å². The zero-order valence-corrected chi connectivity index (χ0v) is 27.9. The quantitative estimate of drug-likeness (QED) is 0.208. The largest absolute Gasteiger partial charge is 0.361 e. The number of sulfonamides is 2. The molecule has 0 atom stereocenters. The van der Waals surface area contributed by atoms with Gasteiger partial charge in [0.05, 0.1) is 15.3 Å². The zero-order valence-electron chi connectivity index (χ0n) is 23.2. The number of halogens is 2. The number of anilines is 4. The first-order valence-electron chi connectivity index (χ1n) is 13.5. The Balaban J connectivity index is 0.000000171. The molecule has 16 heteroatoms. The van der Waals surface area contributed by atoms with Crippen molar-refractivity contribution in [3.8, 4) is 0 Å². The van der Waals surface area contributed by atoms with Gasteiger partial charge in [-0.1, -0.05) is 58.8 Å². The monoisotopic (exact) mass is 700 g/mol. The number of hydrogen-bond donors (Lipinski definition) is 2. The first-order chi connectivity index (χ1) is 20.5. The third kappa shape index (κ3) is 7.55. The van der Waals surface area contributed by atoms with E-state index in [0.29, 0.717) is 26.7 Å². The Labute approximate surface area is 269 Å². The molecule has 4 heterocycles. The van der Waals surface area contributed by atoms with Gasteiger partial charge in [-0.15, -0.1) is 11.3 Å². The van der Waals surface area contributed by atoms with E-state index < -0.39 is 20.0 Å². The maximum atomic E-state index is 12.6. The van der Waals surface area contributed by atoms with Gasteiger partial charge >= 0.3 is 0 Å². The Hall–Kier alpha value is -2.62. The molecule has 2 saturated heterocycles. The highest BCUT2D eigenvalue weighted by atomic mass is 35.5. The highest BCUT2D eigenvalue weighted by Gasteiger charge is 2.25. The second-order valence-electron chi connectivity index (χ2n) is 9.90. The molecular weight excluding hydrogens is 672 g/mol. The normalized spacial score (nSPS) is 15.3. The Kier molecular flexibility index (Phi) is 10.0. The summed E-state index contributed by atoms with van der Waals surface area (Å²) < 4.78 is 54.8. The Morgan fingerprint density at radius 2 is 1.42 bits per heavy atom. The minimum atomic E-state index is -3.71. The van der Waals surface area contributed by atoms with Crippen molar-refractivity contribution in [2.75, 3.05) is 45.4 Å². The van der Waals surface area contributed by atoms with Crippen LogP contribution in [0, 0.1) is 6.92 Å². The van der Waals surface area contributed by atoms with E-state index in [-0.39, 0.29) is 9.79 Å². The Bertz CT molecular complexity index is 1770. The molecule has 2 aliphatic rings. The lowest BCUT2D eigenvalue weighted by Crippen LogP contribution is -2.20. The average molecular weight is 702 g/mol. The molecule has 2 aromatic heterocycles. The zero-order chi connectivity index (χ0) is 30.6. The number of aromatic nitrogens is 2. The number of nitrogens with one attached hydrogen (secondary N) is 2. The lowest BCUT2D eigenvalue weighted by atomic mass is 10.2. The van der Waals surface area contributed by atoms with Crippen LogP contribution in [-0.4, -0.2) is 53.0 Å². The van der Waals surface area contributed by atoms with Crippen LogP contribution in [0.1, 0.15) is 31.2 Å². The molecule has 6 rings (SSSR count). The third-order valence-electron chi connectivity index (χ3n) is 6.92. The van der Waals surface area contributed by atoms with Crippen LogP contribution < -0.4 is 19.2 Å². The van der Waals surface area contributed by atoms with Gasteiger partial charge in [0.1, 0.15) is 10.0 Å². The molecule has 0 unspecified atom stereocenters. The number of thiazole rings is 2. The van der Waals surface area contributed by atoms with Gasteiger partial charge in [-0.2, -0.15) is 0 Å². The van der Waals surface area contributed by atoms with Crippen molar-refractivity contribution in [3.05, 3.63) is 69.8 Å². The summed E-state index contributed by atoms with van der Waals surface area (Å²) in [6.07, 6.45) is 4.49. The molecule has 0 radical (unpaired) electrons. The SMILES string of the molecule is Cc1c(Cl)cccc1S(=O)(=O)Nc1ncsc1N1CCCC1.O=S(=O)(Nc1nc(Cl)c(N2CCCC2)s1)c1ccccc1.